The van der Waals surface area contributed by atoms with E-state index in [2.05, 4.69) is 17.6 Å². The summed E-state index contributed by atoms with van der Waals surface area (Å²) in [6.45, 7) is 2.00. The SMILES string of the molecule is CCCCCNC(=O)COC(=O)CNC(=O)c1ccc(OC)cc1. The number of rotatable bonds is 10. The Bertz CT molecular complexity index is 542. The lowest BCUT2D eigenvalue weighted by molar-refractivity contribution is -0.147. The van der Waals surface area contributed by atoms with E-state index in [-0.39, 0.29) is 19.1 Å². The third kappa shape index (κ3) is 7.62. The molecule has 7 nitrogen and oxygen atoms in total. The molecule has 1 rings (SSSR count). The minimum Gasteiger partial charge on any atom is -0.497 e. The van der Waals surface area contributed by atoms with Crippen molar-refractivity contribution in [1.29, 1.82) is 0 Å². The molecule has 0 saturated carbocycles. The first-order chi connectivity index (χ1) is 11.6. The van der Waals surface area contributed by atoms with Crippen LogP contribution in [-0.2, 0) is 14.3 Å². The second kappa shape index (κ2) is 11.0. The first-order valence-corrected chi connectivity index (χ1v) is 7.91. The fourth-order valence-corrected chi connectivity index (χ4v) is 1.85. The van der Waals surface area contributed by atoms with Gasteiger partial charge in [-0.15, -0.1) is 0 Å². The third-order valence-electron chi connectivity index (χ3n) is 3.21. The molecule has 24 heavy (non-hydrogen) atoms. The molecular weight excluding hydrogens is 312 g/mol. The summed E-state index contributed by atoms with van der Waals surface area (Å²) in [5.41, 5.74) is 0.400. The normalized spacial score (nSPS) is 9.92. The van der Waals surface area contributed by atoms with Crippen molar-refractivity contribution >= 4 is 17.8 Å². The maximum absolute atomic E-state index is 11.9. The quantitative estimate of drug-likeness (QED) is 0.496. The Morgan fingerprint density at radius 1 is 1.04 bits per heavy atom. The predicted octanol–water partition coefficient (Wildman–Crippen LogP) is 1.27. The molecule has 0 aromatic heterocycles. The number of amides is 2. The van der Waals surface area contributed by atoms with E-state index in [0.29, 0.717) is 17.9 Å². The molecule has 0 bridgehead atoms. The van der Waals surface area contributed by atoms with Crippen molar-refractivity contribution in [3.63, 3.8) is 0 Å². The van der Waals surface area contributed by atoms with Crippen molar-refractivity contribution in [1.82, 2.24) is 10.6 Å². The molecule has 132 valence electrons. The summed E-state index contributed by atoms with van der Waals surface area (Å²) >= 11 is 0. The molecule has 2 N–H and O–H groups in total. The van der Waals surface area contributed by atoms with Gasteiger partial charge in [0, 0.05) is 12.1 Å². The Balaban J connectivity index is 2.22. The van der Waals surface area contributed by atoms with E-state index in [1.807, 2.05) is 0 Å². The number of unbranched alkanes of at least 4 members (excludes halogenated alkanes) is 2. The van der Waals surface area contributed by atoms with Gasteiger partial charge in [-0.3, -0.25) is 14.4 Å². The predicted molar refractivity (Wildman–Crippen MR) is 88.8 cm³/mol. The molecule has 0 aliphatic rings. The standard InChI is InChI=1S/C17H24N2O5/c1-3-4-5-10-18-15(20)12-24-16(21)11-19-17(22)13-6-8-14(23-2)9-7-13/h6-9H,3-5,10-12H2,1-2H3,(H,18,20)(H,19,22). The van der Waals surface area contributed by atoms with Crippen LogP contribution in [0.2, 0.25) is 0 Å². The van der Waals surface area contributed by atoms with E-state index in [4.69, 9.17) is 9.47 Å². The number of ether oxygens (including phenoxy) is 2. The molecule has 0 aliphatic heterocycles. The van der Waals surface area contributed by atoms with Crippen LogP contribution in [0.3, 0.4) is 0 Å². The van der Waals surface area contributed by atoms with Crippen molar-refractivity contribution in [3.05, 3.63) is 29.8 Å². The number of benzene rings is 1. The molecule has 0 aliphatic carbocycles. The van der Waals surface area contributed by atoms with E-state index in [1.54, 1.807) is 24.3 Å². The van der Waals surface area contributed by atoms with Crippen molar-refractivity contribution in [2.45, 2.75) is 26.2 Å². The summed E-state index contributed by atoms with van der Waals surface area (Å²) in [6, 6.07) is 6.47. The van der Waals surface area contributed by atoms with Gasteiger partial charge in [0.25, 0.3) is 11.8 Å². The zero-order valence-corrected chi connectivity index (χ0v) is 14.1. The molecule has 0 saturated heterocycles. The van der Waals surface area contributed by atoms with Crippen LogP contribution in [0.5, 0.6) is 5.75 Å². The Morgan fingerprint density at radius 3 is 2.38 bits per heavy atom. The van der Waals surface area contributed by atoms with Gasteiger partial charge >= 0.3 is 5.97 Å². The molecule has 0 unspecified atom stereocenters. The Morgan fingerprint density at radius 2 is 1.75 bits per heavy atom. The van der Waals surface area contributed by atoms with Gasteiger partial charge in [-0.05, 0) is 30.7 Å². The number of esters is 1. The minimum atomic E-state index is -0.666. The smallest absolute Gasteiger partial charge is 0.325 e. The van der Waals surface area contributed by atoms with Crippen LogP contribution in [-0.4, -0.2) is 44.6 Å². The van der Waals surface area contributed by atoms with Crippen LogP contribution in [0.15, 0.2) is 24.3 Å². The Labute approximate surface area is 141 Å². The topological polar surface area (TPSA) is 93.7 Å². The van der Waals surface area contributed by atoms with Crippen LogP contribution >= 0.6 is 0 Å². The summed E-state index contributed by atoms with van der Waals surface area (Å²) in [7, 11) is 1.53. The van der Waals surface area contributed by atoms with Gasteiger partial charge in [0.1, 0.15) is 12.3 Å². The van der Waals surface area contributed by atoms with Crippen molar-refractivity contribution in [2.24, 2.45) is 0 Å². The molecule has 0 fully saturated rings. The lowest BCUT2D eigenvalue weighted by atomic mass is 10.2. The van der Waals surface area contributed by atoms with Crippen LogP contribution in [0, 0.1) is 0 Å². The monoisotopic (exact) mass is 336 g/mol. The fraction of sp³-hybridized carbons (Fsp3) is 0.471. The lowest BCUT2D eigenvalue weighted by Gasteiger charge is -2.08. The van der Waals surface area contributed by atoms with E-state index in [0.717, 1.165) is 19.3 Å². The second-order valence-electron chi connectivity index (χ2n) is 5.13. The molecule has 1 aromatic rings. The highest BCUT2D eigenvalue weighted by atomic mass is 16.5. The van der Waals surface area contributed by atoms with Crippen LogP contribution < -0.4 is 15.4 Å². The summed E-state index contributed by atoms with van der Waals surface area (Å²) in [4.78, 5) is 34.8. The molecule has 0 heterocycles. The van der Waals surface area contributed by atoms with Gasteiger partial charge in [0.15, 0.2) is 6.61 Å². The largest absolute Gasteiger partial charge is 0.497 e. The van der Waals surface area contributed by atoms with E-state index >= 15 is 0 Å². The number of carbonyl (C=O) groups is 3. The molecule has 0 radical (unpaired) electrons. The molecule has 0 spiro atoms. The number of hydrogen-bond acceptors (Lipinski definition) is 5. The van der Waals surface area contributed by atoms with Gasteiger partial charge in [-0.1, -0.05) is 19.8 Å². The molecule has 1 aromatic carbocycles. The van der Waals surface area contributed by atoms with Gasteiger partial charge < -0.3 is 20.1 Å². The van der Waals surface area contributed by atoms with Gasteiger partial charge in [-0.25, -0.2) is 0 Å². The maximum atomic E-state index is 11.9. The summed E-state index contributed by atoms with van der Waals surface area (Å²) in [6.07, 6.45) is 3.00. The van der Waals surface area contributed by atoms with Crippen molar-refractivity contribution in [3.8, 4) is 5.75 Å². The molecule has 7 heteroatoms. The first-order valence-electron chi connectivity index (χ1n) is 7.91. The zero-order chi connectivity index (χ0) is 17.8. The summed E-state index contributed by atoms with van der Waals surface area (Å²) in [5, 5.41) is 5.09. The highest BCUT2D eigenvalue weighted by Gasteiger charge is 2.10. The second-order valence-corrected chi connectivity index (χ2v) is 5.13. The fourth-order valence-electron chi connectivity index (χ4n) is 1.85. The Kier molecular flexibility index (Phi) is 8.96. The average Bonchev–Trinajstić information content (AvgIpc) is 2.61. The van der Waals surface area contributed by atoms with Crippen LogP contribution in [0.1, 0.15) is 36.5 Å². The minimum absolute atomic E-state index is 0.298. The highest BCUT2D eigenvalue weighted by Crippen LogP contribution is 2.10. The zero-order valence-electron chi connectivity index (χ0n) is 14.1. The van der Waals surface area contributed by atoms with Gasteiger partial charge in [-0.2, -0.15) is 0 Å². The molecule has 2 amide bonds. The van der Waals surface area contributed by atoms with Crippen LogP contribution in [0.25, 0.3) is 0 Å². The van der Waals surface area contributed by atoms with Gasteiger partial charge in [0.2, 0.25) is 0 Å². The van der Waals surface area contributed by atoms with E-state index < -0.39 is 11.9 Å². The number of nitrogens with one attached hydrogen (secondary N) is 2. The summed E-state index contributed by atoms with van der Waals surface area (Å²) < 4.78 is 9.80. The lowest BCUT2D eigenvalue weighted by Crippen LogP contribution is -2.34. The molecule has 0 atom stereocenters. The number of carbonyl (C=O) groups excluding carboxylic acids is 3. The van der Waals surface area contributed by atoms with E-state index in [9.17, 15) is 14.4 Å². The van der Waals surface area contributed by atoms with Crippen LogP contribution in [0.4, 0.5) is 0 Å². The summed E-state index contributed by atoms with van der Waals surface area (Å²) in [5.74, 6) is -0.781. The first kappa shape index (κ1) is 19.5. The maximum Gasteiger partial charge on any atom is 0.325 e. The Hall–Kier alpha value is -2.57. The number of methoxy groups -OCH3 is 1. The third-order valence-corrected chi connectivity index (χ3v) is 3.21. The van der Waals surface area contributed by atoms with Crippen molar-refractivity contribution < 1.29 is 23.9 Å². The number of hydrogen-bond donors (Lipinski definition) is 2. The van der Waals surface area contributed by atoms with Gasteiger partial charge in [0.05, 0.1) is 7.11 Å². The van der Waals surface area contributed by atoms with E-state index in [1.165, 1.54) is 7.11 Å². The average molecular weight is 336 g/mol. The highest BCUT2D eigenvalue weighted by molar-refractivity contribution is 5.96. The van der Waals surface area contributed by atoms with Crippen molar-refractivity contribution in [2.75, 3.05) is 26.8 Å². The molecular formula is C17H24N2O5.